The monoisotopic (exact) mass is 491 g/mol. The summed E-state index contributed by atoms with van der Waals surface area (Å²) in [5.74, 6) is 0.0426. The molecule has 0 radical (unpaired) electrons. The van der Waals surface area contributed by atoms with Crippen molar-refractivity contribution in [2.45, 2.75) is 39.5 Å². The molecule has 7 heteroatoms. The van der Waals surface area contributed by atoms with E-state index < -0.39 is 5.83 Å². The SMILES string of the molecule is C/C=C(N)\C(F)=C/Nc1ccnc(C)c1/C=C(\C)CN1CCC(c2ccc(C(=O)N(C)C)cc2)CC1. The molecule has 1 aliphatic heterocycles. The summed E-state index contributed by atoms with van der Waals surface area (Å²) in [6.45, 7) is 8.67. The van der Waals surface area contributed by atoms with Gasteiger partial charge < -0.3 is 16.0 Å². The maximum Gasteiger partial charge on any atom is 0.253 e. The summed E-state index contributed by atoms with van der Waals surface area (Å²) >= 11 is 0. The Kier molecular flexibility index (Phi) is 9.42. The minimum Gasteiger partial charge on any atom is -0.397 e. The number of likely N-dealkylation sites (tertiary alicyclic amines) is 1. The zero-order valence-corrected chi connectivity index (χ0v) is 22.0. The molecule has 0 unspecified atom stereocenters. The number of aromatic nitrogens is 1. The summed E-state index contributed by atoms with van der Waals surface area (Å²) in [6, 6.07) is 9.91. The number of nitrogens with two attached hydrogens (primary N) is 1. The molecule has 0 saturated carbocycles. The zero-order chi connectivity index (χ0) is 26.2. The van der Waals surface area contributed by atoms with E-state index in [0.717, 1.165) is 55.0 Å². The van der Waals surface area contributed by atoms with Gasteiger partial charge in [0.15, 0.2) is 5.83 Å². The minimum absolute atomic E-state index is 0.0314. The quantitative estimate of drug-likeness (QED) is 0.480. The van der Waals surface area contributed by atoms with Gasteiger partial charge in [0.1, 0.15) is 0 Å². The first-order valence-corrected chi connectivity index (χ1v) is 12.4. The topological polar surface area (TPSA) is 74.5 Å². The lowest BCUT2D eigenvalue weighted by Gasteiger charge is -2.32. The molecule has 1 amide bonds. The predicted octanol–water partition coefficient (Wildman–Crippen LogP) is 5.46. The van der Waals surface area contributed by atoms with Crippen LogP contribution in [0.4, 0.5) is 10.1 Å². The normalized spacial score (nSPS) is 16.2. The number of aryl methyl sites for hydroxylation is 1. The summed E-state index contributed by atoms with van der Waals surface area (Å²) in [5, 5.41) is 3.04. The number of pyridine rings is 1. The second-order valence-electron chi connectivity index (χ2n) is 9.60. The highest BCUT2D eigenvalue weighted by Crippen LogP contribution is 2.29. The molecule has 1 fully saturated rings. The Morgan fingerprint density at radius 1 is 1.22 bits per heavy atom. The standard InChI is InChI=1S/C29H38FN5O/c1-6-27(31)26(30)18-33-28-11-14-32-21(3)25(28)17-20(2)19-35-15-12-23(13-16-35)22-7-9-24(10-8-22)29(36)34(4)5/h6-11,14,17-18,23H,12-13,15-16,19,31H2,1-5H3,(H,32,33)/b20-17+,26-18+,27-6+. The van der Waals surface area contributed by atoms with Crippen molar-refractivity contribution in [2.24, 2.45) is 5.73 Å². The van der Waals surface area contributed by atoms with Gasteiger partial charge in [-0.15, -0.1) is 0 Å². The van der Waals surface area contributed by atoms with Crippen LogP contribution in [0.1, 0.15) is 59.8 Å². The molecule has 3 N–H and O–H groups in total. The number of nitrogens with one attached hydrogen (secondary N) is 1. The van der Waals surface area contributed by atoms with Crippen molar-refractivity contribution in [3.05, 3.63) is 88.3 Å². The molecule has 0 bridgehead atoms. The Bertz CT molecular complexity index is 1140. The molecule has 1 aromatic carbocycles. The number of amides is 1. The molecule has 1 aliphatic rings. The molecule has 3 rings (SSSR count). The van der Waals surface area contributed by atoms with Crippen LogP contribution in [0, 0.1) is 6.92 Å². The van der Waals surface area contributed by atoms with E-state index >= 15 is 0 Å². The van der Waals surface area contributed by atoms with Gasteiger partial charge in [0.05, 0.1) is 5.70 Å². The number of halogens is 1. The minimum atomic E-state index is -0.500. The molecular weight excluding hydrogens is 453 g/mol. The Morgan fingerprint density at radius 3 is 2.50 bits per heavy atom. The van der Waals surface area contributed by atoms with Gasteiger partial charge in [0.2, 0.25) is 0 Å². The number of anilines is 1. The van der Waals surface area contributed by atoms with E-state index in [1.807, 2.05) is 25.1 Å². The van der Waals surface area contributed by atoms with Gasteiger partial charge in [0.25, 0.3) is 5.91 Å². The van der Waals surface area contributed by atoms with E-state index in [9.17, 15) is 9.18 Å². The van der Waals surface area contributed by atoms with Crippen molar-refractivity contribution < 1.29 is 9.18 Å². The number of hydrogen-bond acceptors (Lipinski definition) is 5. The smallest absolute Gasteiger partial charge is 0.253 e. The number of nitrogens with zero attached hydrogens (tertiary/aromatic N) is 3. The van der Waals surface area contributed by atoms with Crippen LogP contribution in [0.25, 0.3) is 6.08 Å². The number of carbonyl (C=O) groups excluding carboxylic acids is 1. The molecule has 0 spiro atoms. The second kappa shape index (κ2) is 12.5. The number of benzene rings is 1. The van der Waals surface area contributed by atoms with Crippen LogP contribution in [-0.4, -0.2) is 54.4 Å². The van der Waals surface area contributed by atoms with Gasteiger partial charge in [0, 0.05) is 55.5 Å². The number of allylic oxidation sites excluding steroid dienone is 2. The molecule has 1 aromatic heterocycles. The highest BCUT2D eigenvalue weighted by atomic mass is 19.1. The highest BCUT2D eigenvalue weighted by Gasteiger charge is 2.21. The van der Waals surface area contributed by atoms with Gasteiger partial charge in [-0.1, -0.05) is 29.9 Å². The van der Waals surface area contributed by atoms with Crippen LogP contribution in [0.5, 0.6) is 0 Å². The predicted molar refractivity (Wildman–Crippen MR) is 146 cm³/mol. The number of hydrogen-bond donors (Lipinski definition) is 2. The summed E-state index contributed by atoms with van der Waals surface area (Å²) in [7, 11) is 3.54. The van der Waals surface area contributed by atoms with Gasteiger partial charge in [-0.2, -0.15) is 0 Å². The second-order valence-corrected chi connectivity index (χ2v) is 9.60. The first kappa shape index (κ1) is 27.1. The maximum absolute atomic E-state index is 14.1. The number of rotatable bonds is 8. The van der Waals surface area contributed by atoms with E-state index in [-0.39, 0.29) is 11.6 Å². The van der Waals surface area contributed by atoms with E-state index in [1.54, 1.807) is 32.1 Å². The molecule has 192 valence electrons. The van der Waals surface area contributed by atoms with Crippen LogP contribution in [-0.2, 0) is 0 Å². The van der Waals surface area contributed by atoms with Crippen LogP contribution < -0.4 is 11.1 Å². The lowest BCUT2D eigenvalue weighted by atomic mass is 9.88. The molecule has 6 nitrogen and oxygen atoms in total. The average Bonchev–Trinajstić information content (AvgIpc) is 2.88. The van der Waals surface area contributed by atoms with Crippen molar-refractivity contribution in [3.63, 3.8) is 0 Å². The fourth-order valence-corrected chi connectivity index (χ4v) is 4.47. The van der Waals surface area contributed by atoms with Gasteiger partial charge in [-0.05, 0) is 76.4 Å². The van der Waals surface area contributed by atoms with E-state index in [4.69, 9.17) is 5.73 Å². The third-order valence-electron chi connectivity index (χ3n) is 6.62. The van der Waals surface area contributed by atoms with E-state index in [2.05, 4.69) is 40.3 Å². The Labute approximate surface area is 214 Å². The first-order chi connectivity index (χ1) is 17.2. The van der Waals surface area contributed by atoms with Crippen molar-refractivity contribution >= 4 is 17.7 Å². The van der Waals surface area contributed by atoms with Crippen molar-refractivity contribution in [3.8, 4) is 0 Å². The summed E-state index contributed by atoms with van der Waals surface area (Å²) in [4.78, 5) is 20.6. The Balaban J connectivity index is 1.61. The largest absolute Gasteiger partial charge is 0.397 e. The van der Waals surface area contributed by atoms with Crippen molar-refractivity contribution in [1.29, 1.82) is 0 Å². The third kappa shape index (κ3) is 7.04. The average molecular weight is 492 g/mol. The Morgan fingerprint density at radius 2 is 1.89 bits per heavy atom. The van der Waals surface area contributed by atoms with Crippen LogP contribution >= 0.6 is 0 Å². The van der Waals surface area contributed by atoms with Gasteiger partial charge >= 0.3 is 0 Å². The lowest BCUT2D eigenvalue weighted by Crippen LogP contribution is -2.34. The first-order valence-electron chi connectivity index (χ1n) is 12.4. The zero-order valence-electron chi connectivity index (χ0n) is 22.0. The summed E-state index contributed by atoms with van der Waals surface area (Å²) < 4.78 is 14.1. The molecule has 2 heterocycles. The van der Waals surface area contributed by atoms with Crippen molar-refractivity contribution in [2.75, 3.05) is 39.0 Å². The van der Waals surface area contributed by atoms with Crippen LogP contribution in [0.2, 0.25) is 0 Å². The van der Waals surface area contributed by atoms with Gasteiger partial charge in [-0.3, -0.25) is 14.7 Å². The van der Waals surface area contributed by atoms with Crippen LogP contribution in [0.3, 0.4) is 0 Å². The van der Waals surface area contributed by atoms with E-state index in [0.29, 0.717) is 5.92 Å². The number of piperidine rings is 1. The summed E-state index contributed by atoms with van der Waals surface area (Å²) in [5.41, 5.74) is 11.6. The van der Waals surface area contributed by atoms with Crippen molar-refractivity contribution in [1.82, 2.24) is 14.8 Å². The van der Waals surface area contributed by atoms with Crippen LogP contribution in [0.15, 0.2) is 65.9 Å². The molecular formula is C29H38FN5O. The van der Waals surface area contributed by atoms with E-state index in [1.165, 1.54) is 23.4 Å². The number of carbonyl (C=O) groups is 1. The molecule has 2 aromatic rings. The maximum atomic E-state index is 14.1. The third-order valence-corrected chi connectivity index (χ3v) is 6.62. The lowest BCUT2D eigenvalue weighted by molar-refractivity contribution is 0.0827. The molecule has 1 saturated heterocycles. The summed E-state index contributed by atoms with van der Waals surface area (Å²) in [6.07, 6.45) is 8.82. The van der Waals surface area contributed by atoms with Gasteiger partial charge in [-0.25, -0.2) is 4.39 Å². The molecule has 0 aliphatic carbocycles. The fraction of sp³-hybridized carbons (Fsp3) is 0.379. The Hall–Kier alpha value is -3.45. The molecule has 36 heavy (non-hydrogen) atoms. The fourth-order valence-electron chi connectivity index (χ4n) is 4.47. The molecule has 0 atom stereocenters. The highest BCUT2D eigenvalue weighted by molar-refractivity contribution is 5.93.